The van der Waals surface area contributed by atoms with Crippen LogP contribution in [0.25, 0.3) is 0 Å². The SMILES string of the molecule is C[C@]12CC[C@H]3C([C@H]4CC4[C@]4(O)CC(=O)CC[C@]34C)[C@@H]1C1CC1[C@@]21CCC(=O)O1. The molecule has 1 aliphatic heterocycles. The highest BCUT2D eigenvalue weighted by molar-refractivity contribution is 5.81. The first kappa shape index (κ1) is 16.8. The summed E-state index contributed by atoms with van der Waals surface area (Å²) in [6, 6.07) is 0. The summed E-state index contributed by atoms with van der Waals surface area (Å²) in [4.78, 5) is 24.4. The van der Waals surface area contributed by atoms with E-state index in [-0.39, 0.29) is 28.2 Å². The maximum Gasteiger partial charge on any atom is 0.306 e. The fourth-order valence-corrected chi connectivity index (χ4v) is 10.3. The van der Waals surface area contributed by atoms with Gasteiger partial charge in [0.1, 0.15) is 11.4 Å². The number of ether oxygens (including phenoxy) is 1. The fourth-order valence-electron chi connectivity index (χ4n) is 10.3. The van der Waals surface area contributed by atoms with Crippen molar-refractivity contribution < 1.29 is 19.4 Å². The lowest BCUT2D eigenvalue weighted by molar-refractivity contribution is -0.223. The van der Waals surface area contributed by atoms with Gasteiger partial charge >= 0.3 is 5.97 Å². The Bertz CT molecular complexity index is 821. The molecular weight excluding hydrogens is 352 g/mol. The van der Waals surface area contributed by atoms with E-state index in [9.17, 15) is 14.7 Å². The third kappa shape index (κ3) is 1.55. The van der Waals surface area contributed by atoms with Gasteiger partial charge in [0.2, 0.25) is 0 Å². The normalized spacial score (nSPS) is 65.8. The molecule has 4 unspecified atom stereocenters. The summed E-state index contributed by atoms with van der Waals surface area (Å²) in [6.07, 6.45) is 8.04. The number of Topliss-reactive ketones (excluding diaryl/α,β-unsaturated/α-hetero) is 1. The number of ketones is 1. The molecule has 1 spiro atoms. The second kappa shape index (κ2) is 4.55. The van der Waals surface area contributed by atoms with Crippen LogP contribution in [0.15, 0.2) is 0 Å². The maximum absolute atomic E-state index is 12.3. The maximum atomic E-state index is 12.3. The van der Waals surface area contributed by atoms with Crippen molar-refractivity contribution in [1.82, 2.24) is 0 Å². The average Bonchev–Trinajstić information content (AvgIpc) is 3.54. The molecule has 0 bridgehead atoms. The van der Waals surface area contributed by atoms with Crippen molar-refractivity contribution in [1.29, 1.82) is 0 Å². The van der Waals surface area contributed by atoms with Crippen molar-refractivity contribution in [2.75, 3.05) is 0 Å². The standard InChI is InChI=1S/C24H32O4/c1-21-6-3-12(25)11-23(21,27)16-9-13(16)19-15(21)4-7-22(2)20(19)14-10-17(14)24(22)8-5-18(26)28-24/h13-17,19-20,27H,3-11H2,1-2H3/t13-,14?,15-,16?,17?,19?,20-,21+,22-,23+,24-/m0/s1. The van der Waals surface area contributed by atoms with Crippen molar-refractivity contribution >= 4 is 11.8 Å². The number of hydrogen-bond donors (Lipinski definition) is 1. The molecule has 7 fully saturated rings. The van der Waals surface area contributed by atoms with Crippen LogP contribution in [0.4, 0.5) is 0 Å². The molecule has 0 amide bonds. The summed E-state index contributed by atoms with van der Waals surface area (Å²) >= 11 is 0. The molecule has 1 saturated heterocycles. The molecule has 0 aromatic carbocycles. The lowest BCUT2D eigenvalue weighted by atomic mass is 9.42. The van der Waals surface area contributed by atoms with E-state index in [0.29, 0.717) is 54.8 Å². The quantitative estimate of drug-likeness (QED) is 0.649. The molecule has 6 aliphatic carbocycles. The zero-order valence-corrected chi connectivity index (χ0v) is 17.1. The Balaban J connectivity index is 1.32. The van der Waals surface area contributed by atoms with Gasteiger partial charge in [-0.05, 0) is 74.0 Å². The molecule has 4 nitrogen and oxygen atoms in total. The molecule has 11 atom stereocenters. The zero-order chi connectivity index (χ0) is 19.3. The van der Waals surface area contributed by atoms with Crippen LogP contribution in [-0.2, 0) is 14.3 Å². The van der Waals surface area contributed by atoms with Crippen LogP contribution in [0, 0.1) is 52.3 Å². The minimum absolute atomic E-state index is 0.0229. The monoisotopic (exact) mass is 384 g/mol. The molecule has 1 N–H and O–H groups in total. The number of fused-ring (bicyclic) bond motifs is 12. The van der Waals surface area contributed by atoms with E-state index in [0.717, 1.165) is 38.0 Å². The van der Waals surface area contributed by atoms with Crippen LogP contribution < -0.4 is 0 Å². The zero-order valence-electron chi connectivity index (χ0n) is 17.1. The number of rotatable bonds is 0. The Hall–Kier alpha value is -0.900. The summed E-state index contributed by atoms with van der Waals surface area (Å²) < 4.78 is 6.20. The van der Waals surface area contributed by atoms with E-state index in [1.54, 1.807) is 0 Å². The van der Waals surface area contributed by atoms with Crippen molar-refractivity contribution in [3.63, 3.8) is 0 Å². The van der Waals surface area contributed by atoms with E-state index in [2.05, 4.69) is 13.8 Å². The Labute approximate surface area is 166 Å². The van der Waals surface area contributed by atoms with Gasteiger partial charge in [0.05, 0.1) is 5.60 Å². The van der Waals surface area contributed by atoms with Gasteiger partial charge in [-0.2, -0.15) is 0 Å². The van der Waals surface area contributed by atoms with E-state index in [1.807, 2.05) is 0 Å². The molecule has 4 heteroatoms. The Kier molecular flexibility index (Phi) is 2.74. The lowest BCUT2D eigenvalue weighted by Crippen LogP contribution is -2.65. The lowest BCUT2D eigenvalue weighted by Gasteiger charge is -2.64. The van der Waals surface area contributed by atoms with Crippen LogP contribution in [-0.4, -0.2) is 28.1 Å². The van der Waals surface area contributed by atoms with Crippen LogP contribution in [0.1, 0.15) is 71.6 Å². The first-order valence-electron chi connectivity index (χ1n) is 11.7. The van der Waals surface area contributed by atoms with E-state index < -0.39 is 5.60 Å². The van der Waals surface area contributed by atoms with Crippen molar-refractivity contribution in [3.8, 4) is 0 Å². The number of esters is 1. The summed E-state index contributed by atoms with van der Waals surface area (Å²) in [6.45, 7) is 4.77. The second-order valence-electron chi connectivity index (χ2n) is 12.1. The average molecular weight is 385 g/mol. The molecule has 0 radical (unpaired) electrons. The van der Waals surface area contributed by atoms with E-state index in [1.165, 1.54) is 6.42 Å². The first-order chi connectivity index (χ1) is 13.3. The minimum Gasteiger partial charge on any atom is -0.458 e. The fraction of sp³-hybridized carbons (Fsp3) is 0.917. The molecule has 152 valence electrons. The van der Waals surface area contributed by atoms with Gasteiger partial charge in [-0.25, -0.2) is 0 Å². The molecule has 28 heavy (non-hydrogen) atoms. The summed E-state index contributed by atoms with van der Waals surface area (Å²) in [5.74, 6) is 4.36. The van der Waals surface area contributed by atoms with Crippen LogP contribution in [0.3, 0.4) is 0 Å². The van der Waals surface area contributed by atoms with Crippen LogP contribution in [0.2, 0.25) is 0 Å². The van der Waals surface area contributed by atoms with Crippen LogP contribution in [0.5, 0.6) is 0 Å². The molecule has 0 aromatic rings. The Morgan fingerprint density at radius 3 is 2.46 bits per heavy atom. The van der Waals surface area contributed by atoms with Gasteiger partial charge < -0.3 is 9.84 Å². The van der Waals surface area contributed by atoms with E-state index >= 15 is 0 Å². The van der Waals surface area contributed by atoms with Gasteiger partial charge in [0, 0.05) is 36.0 Å². The number of aliphatic hydroxyl groups is 1. The Morgan fingerprint density at radius 2 is 1.71 bits per heavy atom. The summed E-state index contributed by atoms with van der Waals surface area (Å²) in [7, 11) is 0. The van der Waals surface area contributed by atoms with Crippen molar-refractivity contribution in [2.45, 2.75) is 82.8 Å². The molecular formula is C24H32O4. The highest BCUT2D eigenvalue weighted by Crippen LogP contribution is 2.83. The first-order valence-corrected chi connectivity index (χ1v) is 11.7. The van der Waals surface area contributed by atoms with Crippen molar-refractivity contribution in [2.24, 2.45) is 52.3 Å². The highest BCUT2D eigenvalue weighted by Gasteiger charge is 2.83. The van der Waals surface area contributed by atoms with Gasteiger partial charge in [-0.3, -0.25) is 9.59 Å². The molecule has 7 aliphatic rings. The number of carbonyl (C=O) groups is 2. The molecule has 1 heterocycles. The second-order valence-corrected chi connectivity index (χ2v) is 12.1. The molecule has 6 saturated carbocycles. The van der Waals surface area contributed by atoms with Crippen molar-refractivity contribution in [3.05, 3.63) is 0 Å². The van der Waals surface area contributed by atoms with Gasteiger partial charge in [0.15, 0.2) is 0 Å². The predicted octanol–water partition coefficient (Wildman–Crippen LogP) is 3.50. The topological polar surface area (TPSA) is 63.6 Å². The van der Waals surface area contributed by atoms with E-state index in [4.69, 9.17) is 4.74 Å². The highest BCUT2D eigenvalue weighted by atomic mass is 16.6. The largest absolute Gasteiger partial charge is 0.458 e. The Morgan fingerprint density at radius 1 is 0.929 bits per heavy atom. The number of hydrogen-bond acceptors (Lipinski definition) is 4. The third-order valence-corrected chi connectivity index (χ3v) is 11.6. The van der Waals surface area contributed by atoms with Gasteiger partial charge in [-0.15, -0.1) is 0 Å². The van der Waals surface area contributed by atoms with Gasteiger partial charge in [0.25, 0.3) is 0 Å². The van der Waals surface area contributed by atoms with Crippen LogP contribution >= 0.6 is 0 Å². The summed E-state index contributed by atoms with van der Waals surface area (Å²) in [5, 5.41) is 11.8. The molecule has 7 rings (SSSR count). The van der Waals surface area contributed by atoms with Gasteiger partial charge in [-0.1, -0.05) is 13.8 Å². The number of carbonyl (C=O) groups excluding carboxylic acids is 2. The predicted molar refractivity (Wildman–Crippen MR) is 101 cm³/mol. The smallest absolute Gasteiger partial charge is 0.306 e. The minimum atomic E-state index is -0.763. The molecule has 0 aromatic heterocycles. The summed E-state index contributed by atoms with van der Waals surface area (Å²) in [5.41, 5.74) is -0.943. The third-order valence-electron chi connectivity index (χ3n) is 11.6.